The van der Waals surface area contributed by atoms with Gasteiger partial charge in [0.25, 0.3) is 0 Å². The van der Waals surface area contributed by atoms with Gasteiger partial charge < -0.3 is 10.5 Å². The molecule has 0 aromatic carbocycles. The number of carbonyl (C=O) groups excluding carboxylic acids is 1. The molecule has 0 aliphatic carbocycles. The molecule has 0 heterocycles. The van der Waals surface area contributed by atoms with Crippen LogP contribution in [0.3, 0.4) is 0 Å². The first-order valence-corrected chi connectivity index (χ1v) is 4.66. The minimum absolute atomic E-state index is 0.0463. The summed E-state index contributed by atoms with van der Waals surface area (Å²) in [6, 6.07) is 0.0463. The van der Waals surface area contributed by atoms with E-state index in [0.717, 1.165) is 0 Å². The highest BCUT2D eigenvalue weighted by molar-refractivity contribution is 6.41. The Kier molecular flexibility index (Phi) is 5.60. The van der Waals surface area contributed by atoms with E-state index in [1.165, 1.54) is 6.08 Å². The van der Waals surface area contributed by atoms with Gasteiger partial charge in [-0.3, -0.25) is 4.99 Å². The number of carbonyl (C=O) groups is 1. The second-order valence-electron chi connectivity index (χ2n) is 3.22. The van der Waals surface area contributed by atoms with Crippen molar-refractivity contribution >= 4 is 11.7 Å². The second kappa shape index (κ2) is 6.18. The summed E-state index contributed by atoms with van der Waals surface area (Å²) < 4.78 is 4.84. The zero-order valence-corrected chi connectivity index (χ0v) is 9.20. The van der Waals surface area contributed by atoms with Gasteiger partial charge in [0.1, 0.15) is 5.71 Å². The maximum atomic E-state index is 11.4. The first-order valence-electron chi connectivity index (χ1n) is 4.66. The number of ether oxygens (including phenoxy) is 1. The van der Waals surface area contributed by atoms with Gasteiger partial charge in [0.05, 0.1) is 6.61 Å². The topological polar surface area (TPSA) is 64.7 Å². The van der Waals surface area contributed by atoms with Gasteiger partial charge in [-0.1, -0.05) is 0 Å². The van der Waals surface area contributed by atoms with Crippen LogP contribution < -0.4 is 5.73 Å². The molecule has 0 aromatic heterocycles. The fraction of sp³-hybridized carbons (Fsp3) is 0.600. The van der Waals surface area contributed by atoms with Crippen LogP contribution in [0.2, 0.25) is 0 Å². The third-order valence-electron chi connectivity index (χ3n) is 1.25. The molecular formula is C10H18N2O2. The third kappa shape index (κ3) is 5.35. The van der Waals surface area contributed by atoms with Crippen LogP contribution in [0.4, 0.5) is 0 Å². The van der Waals surface area contributed by atoms with Gasteiger partial charge in [0.2, 0.25) is 0 Å². The van der Waals surface area contributed by atoms with E-state index in [-0.39, 0.29) is 11.8 Å². The molecule has 0 aromatic rings. The Morgan fingerprint density at radius 3 is 2.50 bits per heavy atom. The molecule has 4 nitrogen and oxygen atoms in total. The fourth-order valence-corrected chi connectivity index (χ4v) is 0.848. The van der Waals surface area contributed by atoms with Gasteiger partial charge in [0.15, 0.2) is 0 Å². The highest BCUT2D eigenvalue weighted by Crippen LogP contribution is 1.95. The molecule has 0 spiro atoms. The Labute approximate surface area is 84.8 Å². The third-order valence-corrected chi connectivity index (χ3v) is 1.25. The maximum Gasteiger partial charge on any atom is 0.356 e. The molecule has 0 aliphatic rings. The summed E-state index contributed by atoms with van der Waals surface area (Å²) in [5, 5.41) is 0. The number of esters is 1. The summed E-state index contributed by atoms with van der Waals surface area (Å²) >= 11 is 0. The summed E-state index contributed by atoms with van der Waals surface area (Å²) in [6.07, 6.45) is 1.53. The normalized spacial score (nSPS) is 13.2. The second-order valence-corrected chi connectivity index (χ2v) is 3.22. The number of hydrogen-bond acceptors (Lipinski definition) is 4. The van der Waals surface area contributed by atoms with Gasteiger partial charge in [0, 0.05) is 11.7 Å². The van der Waals surface area contributed by atoms with Gasteiger partial charge in [-0.2, -0.15) is 0 Å². The lowest BCUT2D eigenvalue weighted by atomic mass is 10.3. The van der Waals surface area contributed by atoms with Crippen LogP contribution in [0.25, 0.3) is 0 Å². The van der Waals surface area contributed by atoms with Crippen LogP contribution in [0, 0.1) is 0 Å². The minimum Gasteiger partial charge on any atom is -0.461 e. The first kappa shape index (κ1) is 12.7. The van der Waals surface area contributed by atoms with E-state index in [0.29, 0.717) is 12.3 Å². The lowest BCUT2D eigenvalue weighted by molar-refractivity contribution is -0.134. The van der Waals surface area contributed by atoms with E-state index >= 15 is 0 Å². The average molecular weight is 198 g/mol. The first-order chi connectivity index (χ1) is 6.47. The van der Waals surface area contributed by atoms with E-state index in [9.17, 15) is 4.79 Å². The zero-order chi connectivity index (χ0) is 11.1. The molecule has 14 heavy (non-hydrogen) atoms. The molecule has 0 unspecified atom stereocenters. The van der Waals surface area contributed by atoms with Gasteiger partial charge in [-0.05, 0) is 33.8 Å². The molecule has 0 saturated carbocycles. The number of nitrogens with zero attached hydrogens (tertiary/aromatic N) is 1. The zero-order valence-electron chi connectivity index (χ0n) is 9.20. The lowest BCUT2D eigenvalue weighted by Gasteiger charge is -2.04. The Morgan fingerprint density at radius 2 is 2.14 bits per heavy atom. The molecule has 0 rings (SSSR count). The highest BCUT2D eigenvalue weighted by atomic mass is 16.5. The Bertz CT molecular complexity index is 251. The smallest absolute Gasteiger partial charge is 0.356 e. The molecule has 2 N–H and O–H groups in total. The molecule has 80 valence electrons. The van der Waals surface area contributed by atoms with Crippen LogP contribution in [0.5, 0.6) is 0 Å². The van der Waals surface area contributed by atoms with Gasteiger partial charge in [-0.15, -0.1) is 0 Å². The molecule has 0 atom stereocenters. The van der Waals surface area contributed by atoms with Crippen LogP contribution in [-0.2, 0) is 9.53 Å². The Balaban J connectivity index is 4.73. The van der Waals surface area contributed by atoms with Crippen molar-refractivity contribution in [3.05, 3.63) is 11.8 Å². The summed E-state index contributed by atoms with van der Waals surface area (Å²) in [4.78, 5) is 15.5. The molecule has 0 amide bonds. The van der Waals surface area contributed by atoms with Crippen molar-refractivity contribution in [3.63, 3.8) is 0 Å². The standard InChI is InChI=1S/C10H18N2O2/c1-5-14-10(13)9(6-8(4)11)12-7(2)3/h6-7H,5,11H2,1-4H3. The van der Waals surface area contributed by atoms with Crippen molar-refractivity contribution in [3.8, 4) is 0 Å². The van der Waals surface area contributed by atoms with E-state index in [1.54, 1.807) is 13.8 Å². The molecule has 0 bridgehead atoms. The van der Waals surface area contributed by atoms with Gasteiger partial charge >= 0.3 is 5.97 Å². The van der Waals surface area contributed by atoms with Crippen LogP contribution in [0.15, 0.2) is 16.8 Å². The van der Waals surface area contributed by atoms with Crippen molar-refractivity contribution in [2.75, 3.05) is 6.61 Å². The van der Waals surface area contributed by atoms with E-state index < -0.39 is 5.97 Å². The predicted octanol–water partition coefficient (Wildman–Crippen LogP) is 1.26. The van der Waals surface area contributed by atoms with Crippen molar-refractivity contribution < 1.29 is 9.53 Å². The molecule has 0 saturated heterocycles. The number of hydrogen-bond donors (Lipinski definition) is 1. The predicted molar refractivity (Wildman–Crippen MR) is 57.1 cm³/mol. The average Bonchev–Trinajstić information content (AvgIpc) is 2.01. The summed E-state index contributed by atoms with van der Waals surface area (Å²) in [5.41, 5.74) is 6.29. The van der Waals surface area contributed by atoms with Crippen molar-refractivity contribution in [2.45, 2.75) is 33.7 Å². The monoisotopic (exact) mass is 198 g/mol. The molecular weight excluding hydrogens is 180 g/mol. The van der Waals surface area contributed by atoms with Crippen LogP contribution >= 0.6 is 0 Å². The molecule has 0 aliphatic heterocycles. The molecule has 4 heteroatoms. The van der Waals surface area contributed by atoms with Crippen LogP contribution in [0.1, 0.15) is 27.7 Å². The van der Waals surface area contributed by atoms with E-state index in [1.807, 2.05) is 13.8 Å². The summed E-state index contributed by atoms with van der Waals surface area (Å²) in [7, 11) is 0. The lowest BCUT2D eigenvalue weighted by Crippen LogP contribution is -2.18. The SMILES string of the molecule is CCOC(=O)C(C=C(C)N)=NC(C)C. The number of aliphatic imine (C=N–C) groups is 1. The Morgan fingerprint density at radius 1 is 1.57 bits per heavy atom. The maximum absolute atomic E-state index is 11.4. The highest BCUT2D eigenvalue weighted by Gasteiger charge is 2.10. The van der Waals surface area contributed by atoms with Crippen molar-refractivity contribution in [1.82, 2.24) is 0 Å². The Hall–Kier alpha value is -1.32. The number of nitrogens with two attached hydrogens (primary N) is 1. The summed E-state index contributed by atoms with van der Waals surface area (Å²) in [6.45, 7) is 7.57. The van der Waals surface area contributed by atoms with Crippen LogP contribution in [-0.4, -0.2) is 24.3 Å². The molecule has 0 fully saturated rings. The van der Waals surface area contributed by atoms with E-state index in [2.05, 4.69) is 4.99 Å². The van der Waals surface area contributed by atoms with Gasteiger partial charge in [-0.25, -0.2) is 4.79 Å². The number of allylic oxidation sites excluding steroid dienone is 1. The minimum atomic E-state index is -0.425. The largest absolute Gasteiger partial charge is 0.461 e. The van der Waals surface area contributed by atoms with Crippen molar-refractivity contribution in [1.29, 1.82) is 0 Å². The number of rotatable bonds is 4. The van der Waals surface area contributed by atoms with Crippen molar-refractivity contribution in [2.24, 2.45) is 10.7 Å². The fourth-order valence-electron chi connectivity index (χ4n) is 0.848. The summed E-state index contributed by atoms with van der Waals surface area (Å²) in [5.74, 6) is -0.425. The van der Waals surface area contributed by atoms with E-state index in [4.69, 9.17) is 10.5 Å². The molecule has 0 radical (unpaired) electrons. The quantitative estimate of drug-likeness (QED) is 0.546.